The van der Waals surface area contributed by atoms with Crippen LogP contribution in [0.3, 0.4) is 0 Å². The summed E-state index contributed by atoms with van der Waals surface area (Å²) >= 11 is 3.45. The first kappa shape index (κ1) is 14.5. The average Bonchev–Trinajstić information content (AvgIpc) is 2.65. The van der Waals surface area contributed by atoms with Gasteiger partial charge in [0, 0.05) is 5.56 Å². The third kappa shape index (κ3) is 2.82. The van der Waals surface area contributed by atoms with Crippen LogP contribution in [0.4, 0.5) is 4.39 Å². The summed E-state index contributed by atoms with van der Waals surface area (Å²) in [6.45, 7) is 4.22. The van der Waals surface area contributed by atoms with Crippen LogP contribution in [0, 0.1) is 19.7 Å². The Morgan fingerprint density at radius 2 is 2.15 bits per heavy atom. The van der Waals surface area contributed by atoms with Crippen molar-refractivity contribution >= 4 is 21.8 Å². The van der Waals surface area contributed by atoms with Crippen LogP contribution in [0.15, 0.2) is 27.8 Å². The third-order valence-corrected chi connectivity index (χ3v) is 4.13. The number of halogens is 2. The quantitative estimate of drug-likeness (QED) is 0.390. The lowest BCUT2D eigenvalue weighted by Crippen LogP contribution is -2.14. The molecular formula is C13H14BrFN4O. The van der Waals surface area contributed by atoms with Gasteiger partial charge in [-0.2, -0.15) is 5.10 Å². The van der Waals surface area contributed by atoms with Gasteiger partial charge in [0.05, 0.1) is 22.4 Å². The van der Waals surface area contributed by atoms with E-state index in [4.69, 9.17) is 10.9 Å². The predicted octanol–water partition coefficient (Wildman–Crippen LogP) is 2.54. The molecule has 0 saturated carbocycles. The Balaban J connectivity index is 2.38. The lowest BCUT2D eigenvalue weighted by Gasteiger charge is -2.07. The van der Waals surface area contributed by atoms with Gasteiger partial charge in [-0.05, 0) is 53.5 Å². The van der Waals surface area contributed by atoms with E-state index in [1.807, 2.05) is 13.8 Å². The van der Waals surface area contributed by atoms with E-state index in [0.717, 1.165) is 15.9 Å². The smallest absolute Gasteiger partial charge is 0.170 e. The van der Waals surface area contributed by atoms with E-state index in [-0.39, 0.29) is 5.84 Å². The molecule has 106 valence electrons. The van der Waals surface area contributed by atoms with Gasteiger partial charge in [-0.25, -0.2) is 4.39 Å². The number of aromatic nitrogens is 2. The first-order valence-corrected chi connectivity index (χ1v) is 6.68. The van der Waals surface area contributed by atoms with E-state index in [1.54, 1.807) is 10.7 Å². The minimum absolute atomic E-state index is 0.125. The summed E-state index contributed by atoms with van der Waals surface area (Å²) < 4.78 is 16.3. The highest BCUT2D eigenvalue weighted by Crippen LogP contribution is 2.21. The molecule has 2 rings (SSSR count). The highest BCUT2D eigenvalue weighted by molar-refractivity contribution is 9.10. The number of nitrogens with zero attached hydrogens (tertiary/aromatic N) is 3. The summed E-state index contributed by atoms with van der Waals surface area (Å²) in [7, 11) is 0. The fraction of sp³-hybridized carbons (Fsp3) is 0.231. The highest BCUT2D eigenvalue weighted by atomic mass is 79.9. The van der Waals surface area contributed by atoms with Gasteiger partial charge >= 0.3 is 0 Å². The van der Waals surface area contributed by atoms with Crippen LogP contribution in [-0.2, 0) is 6.54 Å². The Bertz CT molecular complexity index is 681. The van der Waals surface area contributed by atoms with Gasteiger partial charge < -0.3 is 10.9 Å². The fourth-order valence-corrected chi connectivity index (χ4v) is 2.23. The van der Waals surface area contributed by atoms with Gasteiger partial charge in [0.2, 0.25) is 0 Å². The largest absolute Gasteiger partial charge is 0.409 e. The zero-order valence-corrected chi connectivity index (χ0v) is 12.6. The molecule has 2 aromatic rings. The van der Waals surface area contributed by atoms with Gasteiger partial charge in [-0.3, -0.25) is 4.68 Å². The molecular weight excluding hydrogens is 327 g/mol. The van der Waals surface area contributed by atoms with Gasteiger partial charge in [-0.15, -0.1) is 0 Å². The number of hydrogen-bond donors (Lipinski definition) is 2. The van der Waals surface area contributed by atoms with Crippen molar-refractivity contribution in [2.24, 2.45) is 10.9 Å². The van der Waals surface area contributed by atoms with Gasteiger partial charge in [0.1, 0.15) is 5.82 Å². The summed E-state index contributed by atoms with van der Waals surface area (Å²) in [5, 5.41) is 15.9. The van der Waals surface area contributed by atoms with Crippen molar-refractivity contribution in [3.8, 4) is 0 Å². The monoisotopic (exact) mass is 340 g/mol. The Hall–Kier alpha value is -1.89. The molecule has 0 unspecified atom stereocenters. The molecule has 0 aliphatic heterocycles. The third-order valence-electron chi connectivity index (χ3n) is 2.99. The van der Waals surface area contributed by atoms with E-state index in [9.17, 15) is 4.39 Å². The van der Waals surface area contributed by atoms with E-state index in [1.165, 1.54) is 12.1 Å². The maximum atomic E-state index is 13.6. The van der Waals surface area contributed by atoms with Crippen LogP contribution in [0.5, 0.6) is 0 Å². The Morgan fingerprint density at radius 3 is 2.70 bits per heavy atom. The highest BCUT2D eigenvalue weighted by Gasteiger charge is 2.11. The summed E-state index contributed by atoms with van der Waals surface area (Å²) in [6.07, 6.45) is 0. The van der Waals surface area contributed by atoms with Crippen LogP contribution in [-0.4, -0.2) is 20.8 Å². The van der Waals surface area contributed by atoms with E-state index >= 15 is 0 Å². The molecule has 0 radical (unpaired) electrons. The predicted molar refractivity (Wildman–Crippen MR) is 77.4 cm³/mol. The lowest BCUT2D eigenvalue weighted by molar-refractivity contribution is 0.318. The molecule has 0 saturated heterocycles. The molecule has 0 bridgehead atoms. The topological polar surface area (TPSA) is 76.4 Å². The fourth-order valence-electron chi connectivity index (χ4n) is 1.95. The van der Waals surface area contributed by atoms with Crippen LogP contribution in [0.2, 0.25) is 0 Å². The van der Waals surface area contributed by atoms with Gasteiger partial charge in [-0.1, -0.05) is 5.16 Å². The minimum Gasteiger partial charge on any atom is -0.409 e. The molecule has 1 aromatic heterocycles. The molecule has 0 spiro atoms. The molecule has 1 aromatic carbocycles. The van der Waals surface area contributed by atoms with E-state index in [0.29, 0.717) is 17.7 Å². The Kier molecular flexibility index (Phi) is 4.08. The van der Waals surface area contributed by atoms with Crippen molar-refractivity contribution in [3.63, 3.8) is 0 Å². The number of aryl methyl sites for hydroxylation is 1. The maximum Gasteiger partial charge on any atom is 0.170 e. The van der Waals surface area contributed by atoms with Crippen LogP contribution >= 0.6 is 15.9 Å². The van der Waals surface area contributed by atoms with Crippen molar-refractivity contribution in [2.45, 2.75) is 20.4 Å². The van der Waals surface area contributed by atoms with Crippen LogP contribution < -0.4 is 5.73 Å². The first-order chi connectivity index (χ1) is 9.42. The van der Waals surface area contributed by atoms with Gasteiger partial charge in [0.25, 0.3) is 0 Å². The summed E-state index contributed by atoms with van der Waals surface area (Å²) in [4.78, 5) is 0. The molecule has 0 aliphatic carbocycles. The van der Waals surface area contributed by atoms with Crippen molar-refractivity contribution in [1.29, 1.82) is 0 Å². The maximum absolute atomic E-state index is 13.6. The summed E-state index contributed by atoms with van der Waals surface area (Å²) in [5.74, 6) is -0.565. The first-order valence-electron chi connectivity index (χ1n) is 5.89. The second-order valence-electron chi connectivity index (χ2n) is 4.48. The number of rotatable bonds is 3. The molecule has 0 amide bonds. The zero-order chi connectivity index (χ0) is 14.9. The number of oxime groups is 1. The Labute approximate surface area is 124 Å². The van der Waals surface area contributed by atoms with E-state index < -0.39 is 5.82 Å². The summed E-state index contributed by atoms with van der Waals surface area (Å²) in [6, 6.07) is 4.29. The number of nitrogens with two attached hydrogens (primary N) is 1. The molecule has 20 heavy (non-hydrogen) atoms. The SMILES string of the molecule is Cc1nn(Cc2cc(F)cc(/C(N)=N/O)c2)c(C)c1Br. The van der Waals surface area contributed by atoms with Crippen LogP contribution in [0.1, 0.15) is 22.5 Å². The number of amidine groups is 1. The molecule has 0 fully saturated rings. The molecule has 1 heterocycles. The molecule has 0 aliphatic rings. The number of benzene rings is 1. The van der Waals surface area contributed by atoms with Crippen molar-refractivity contribution < 1.29 is 9.60 Å². The number of hydrogen-bond acceptors (Lipinski definition) is 3. The molecule has 7 heteroatoms. The Morgan fingerprint density at radius 1 is 1.45 bits per heavy atom. The van der Waals surface area contributed by atoms with E-state index in [2.05, 4.69) is 26.2 Å². The molecule has 5 nitrogen and oxygen atoms in total. The van der Waals surface area contributed by atoms with Crippen molar-refractivity contribution in [2.75, 3.05) is 0 Å². The minimum atomic E-state index is -0.440. The molecule has 3 N–H and O–H groups in total. The average molecular weight is 341 g/mol. The zero-order valence-electron chi connectivity index (χ0n) is 11.1. The van der Waals surface area contributed by atoms with Crippen LogP contribution in [0.25, 0.3) is 0 Å². The van der Waals surface area contributed by atoms with Gasteiger partial charge in [0.15, 0.2) is 5.84 Å². The van der Waals surface area contributed by atoms with Crippen molar-refractivity contribution in [1.82, 2.24) is 9.78 Å². The lowest BCUT2D eigenvalue weighted by atomic mass is 10.1. The normalized spacial score (nSPS) is 11.9. The standard InChI is InChI=1S/C13H14BrFN4O/c1-7-12(14)8(2)19(17-7)6-9-3-10(13(16)18-20)5-11(15)4-9/h3-5,20H,6H2,1-2H3,(H2,16,18). The second kappa shape index (κ2) is 5.62. The summed E-state index contributed by atoms with van der Waals surface area (Å²) in [5.41, 5.74) is 8.33. The molecule has 0 atom stereocenters. The van der Waals surface area contributed by atoms with Crippen molar-refractivity contribution in [3.05, 3.63) is 51.0 Å². The second-order valence-corrected chi connectivity index (χ2v) is 5.27.